The number of phenols is 1. The van der Waals surface area contributed by atoms with Crippen LogP contribution >= 0.6 is 0 Å². The predicted molar refractivity (Wildman–Crippen MR) is 66.8 cm³/mol. The summed E-state index contributed by atoms with van der Waals surface area (Å²) in [5, 5.41) is 20.4. The number of amides is 2. The van der Waals surface area contributed by atoms with E-state index in [2.05, 4.69) is 5.32 Å². The number of aliphatic carboxylic acids is 1. The molecule has 18 heavy (non-hydrogen) atoms. The summed E-state index contributed by atoms with van der Waals surface area (Å²) in [6.07, 6.45) is 0. The minimum Gasteiger partial charge on any atom is -0.508 e. The molecule has 0 bridgehead atoms. The Morgan fingerprint density at radius 1 is 1.44 bits per heavy atom. The largest absolute Gasteiger partial charge is 0.508 e. The van der Waals surface area contributed by atoms with Crippen LogP contribution in [0.25, 0.3) is 0 Å². The fraction of sp³-hybridized carbons (Fsp3) is 0.333. The predicted octanol–water partition coefficient (Wildman–Crippen LogP) is 1.40. The van der Waals surface area contributed by atoms with E-state index < -0.39 is 18.0 Å². The molecule has 0 spiro atoms. The number of carbonyl (C=O) groups excluding carboxylic acids is 1. The molecule has 0 fully saturated rings. The highest BCUT2D eigenvalue weighted by atomic mass is 16.4. The highest BCUT2D eigenvalue weighted by Gasteiger charge is 2.19. The van der Waals surface area contributed by atoms with E-state index in [1.54, 1.807) is 19.1 Å². The summed E-state index contributed by atoms with van der Waals surface area (Å²) in [4.78, 5) is 23.9. The molecule has 1 aromatic carbocycles. The minimum atomic E-state index is -1.10. The average Bonchev–Trinajstić information content (AvgIpc) is 2.29. The molecule has 0 aromatic heterocycles. The van der Waals surface area contributed by atoms with Gasteiger partial charge in [0.25, 0.3) is 0 Å². The van der Waals surface area contributed by atoms with Crippen molar-refractivity contribution >= 4 is 17.7 Å². The third kappa shape index (κ3) is 3.38. The number of carboxylic acid groups (broad SMARTS) is 1. The van der Waals surface area contributed by atoms with Gasteiger partial charge in [0.05, 0.1) is 0 Å². The highest BCUT2D eigenvalue weighted by Crippen LogP contribution is 2.19. The molecule has 0 aliphatic carbocycles. The van der Waals surface area contributed by atoms with E-state index in [1.807, 2.05) is 0 Å². The Kier molecular flexibility index (Phi) is 4.53. The molecule has 0 saturated carbocycles. The van der Waals surface area contributed by atoms with Gasteiger partial charge in [0.1, 0.15) is 11.8 Å². The number of anilines is 1. The molecule has 0 heterocycles. The molecule has 1 unspecified atom stereocenters. The first-order valence-electron chi connectivity index (χ1n) is 5.55. The smallest absolute Gasteiger partial charge is 0.325 e. The monoisotopic (exact) mass is 252 g/mol. The van der Waals surface area contributed by atoms with Crippen LogP contribution < -0.4 is 10.2 Å². The fourth-order valence-electron chi connectivity index (χ4n) is 1.43. The zero-order valence-corrected chi connectivity index (χ0v) is 10.3. The van der Waals surface area contributed by atoms with Crippen molar-refractivity contribution in [2.75, 3.05) is 11.4 Å². The zero-order valence-electron chi connectivity index (χ0n) is 10.3. The summed E-state index contributed by atoms with van der Waals surface area (Å²) < 4.78 is 0. The Balaban J connectivity index is 2.83. The van der Waals surface area contributed by atoms with Crippen molar-refractivity contribution in [3.05, 3.63) is 24.3 Å². The number of carboxylic acids is 1. The summed E-state index contributed by atoms with van der Waals surface area (Å²) in [7, 11) is 0. The lowest BCUT2D eigenvalue weighted by Gasteiger charge is -2.22. The highest BCUT2D eigenvalue weighted by molar-refractivity contribution is 5.94. The first kappa shape index (κ1) is 13.8. The van der Waals surface area contributed by atoms with Crippen molar-refractivity contribution in [3.8, 4) is 5.75 Å². The maximum Gasteiger partial charge on any atom is 0.325 e. The van der Waals surface area contributed by atoms with E-state index in [1.165, 1.54) is 24.0 Å². The zero-order chi connectivity index (χ0) is 13.7. The van der Waals surface area contributed by atoms with Gasteiger partial charge >= 0.3 is 12.0 Å². The summed E-state index contributed by atoms with van der Waals surface area (Å²) in [6.45, 7) is 3.51. The number of phenolic OH excluding ortho intramolecular Hbond substituents is 1. The van der Waals surface area contributed by atoms with Crippen LogP contribution in [0.15, 0.2) is 24.3 Å². The second-order valence-electron chi connectivity index (χ2n) is 3.77. The van der Waals surface area contributed by atoms with Gasteiger partial charge in [-0.05, 0) is 26.0 Å². The third-order valence-electron chi connectivity index (χ3n) is 2.41. The van der Waals surface area contributed by atoms with Gasteiger partial charge in [0, 0.05) is 18.3 Å². The lowest BCUT2D eigenvalue weighted by atomic mass is 10.2. The number of carbonyl (C=O) groups is 2. The number of benzene rings is 1. The molecule has 1 aromatic rings. The number of hydrogen-bond donors (Lipinski definition) is 3. The minimum absolute atomic E-state index is 0.0463. The average molecular weight is 252 g/mol. The van der Waals surface area contributed by atoms with Crippen molar-refractivity contribution in [1.29, 1.82) is 0 Å². The Morgan fingerprint density at radius 3 is 2.61 bits per heavy atom. The van der Waals surface area contributed by atoms with E-state index in [4.69, 9.17) is 5.11 Å². The van der Waals surface area contributed by atoms with Crippen molar-refractivity contribution in [2.24, 2.45) is 0 Å². The van der Waals surface area contributed by atoms with Gasteiger partial charge in [-0.2, -0.15) is 0 Å². The van der Waals surface area contributed by atoms with Crippen LogP contribution in [0.2, 0.25) is 0 Å². The molecule has 0 aliphatic rings. The van der Waals surface area contributed by atoms with Gasteiger partial charge < -0.3 is 15.5 Å². The standard InChI is InChI=1S/C12H16N2O4/c1-3-14(9-5-4-6-10(15)7-9)12(18)13-8(2)11(16)17/h4-8,15H,3H2,1-2H3,(H,13,18)(H,16,17). The van der Waals surface area contributed by atoms with E-state index in [9.17, 15) is 14.7 Å². The molecule has 1 atom stereocenters. The maximum atomic E-state index is 11.9. The summed E-state index contributed by atoms with van der Waals surface area (Å²) in [6, 6.07) is 4.72. The molecule has 98 valence electrons. The van der Waals surface area contributed by atoms with E-state index in [0.717, 1.165) is 0 Å². The molecule has 0 saturated heterocycles. The van der Waals surface area contributed by atoms with Crippen molar-refractivity contribution in [3.63, 3.8) is 0 Å². The SMILES string of the molecule is CCN(C(=O)NC(C)C(=O)O)c1cccc(O)c1. The fourth-order valence-corrected chi connectivity index (χ4v) is 1.43. The van der Waals surface area contributed by atoms with Gasteiger partial charge in [0.15, 0.2) is 0 Å². The first-order chi connectivity index (χ1) is 8.45. The van der Waals surface area contributed by atoms with Crippen molar-refractivity contribution in [2.45, 2.75) is 19.9 Å². The van der Waals surface area contributed by atoms with Gasteiger partial charge in [-0.3, -0.25) is 9.69 Å². The van der Waals surface area contributed by atoms with Gasteiger partial charge in [-0.1, -0.05) is 6.07 Å². The van der Waals surface area contributed by atoms with Crippen LogP contribution in [-0.2, 0) is 4.79 Å². The molecule has 2 amide bonds. The Hall–Kier alpha value is -2.24. The summed E-state index contributed by atoms with van der Waals surface area (Å²) in [5.41, 5.74) is 0.507. The lowest BCUT2D eigenvalue weighted by Crippen LogP contribution is -2.46. The number of urea groups is 1. The summed E-state index contributed by atoms with van der Waals surface area (Å²) >= 11 is 0. The molecular weight excluding hydrogens is 236 g/mol. The second kappa shape index (κ2) is 5.90. The van der Waals surface area contributed by atoms with Crippen LogP contribution in [0.5, 0.6) is 5.75 Å². The van der Waals surface area contributed by atoms with Crippen LogP contribution in [0, 0.1) is 0 Å². The van der Waals surface area contributed by atoms with Crippen LogP contribution in [0.4, 0.5) is 10.5 Å². The van der Waals surface area contributed by atoms with Crippen LogP contribution in [0.1, 0.15) is 13.8 Å². The van der Waals surface area contributed by atoms with Crippen molar-refractivity contribution < 1.29 is 19.8 Å². The Bertz CT molecular complexity index is 447. The van der Waals surface area contributed by atoms with E-state index in [0.29, 0.717) is 12.2 Å². The van der Waals surface area contributed by atoms with E-state index >= 15 is 0 Å². The Labute approximate surface area is 105 Å². The van der Waals surface area contributed by atoms with Crippen LogP contribution in [0.3, 0.4) is 0 Å². The lowest BCUT2D eigenvalue weighted by molar-refractivity contribution is -0.138. The van der Waals surface area contributed by atoms with E-state index in [-0.39, 0.29) is 5.75 Å². The van der Waals surface area contributed by atoms with Gasteiger partial charge in [-0.15, -0.1) is 0 Å². The molecular formula is C12H16N2O4. The van der Waals surface area contributed by atoms with Gasteiger partial charge in [0.2, 0.25) is 0 Å². The van der Waals surface area contributed by atoms with Crippen molar-refractivity contribution in [1.82, 2.24) is 5.32 Å². The Morgan fingerprint density at radius 2 is 2.11 bits per heavy atom. The first-order valence-corrected chi connectivity index (χ1v) is 5.55. The second-order valence-corrected chi connectivity index (χ2v) is 3.77. The quantitative estimate of drug-likeness (QED) is 0.755. The number of aromatic hydroxyl groups is 1. The number of nitrogens with one attached hydrogen (secondary N) is 1. The number of hydrogen-bond acceptors (Lipinski definition) is 3. The topological polar surface area (TPSA) is 89.9 Å². The molecule has 3 N–H and O–H groups in total. The third-order valence-corrected chi connectivity index (χ3v) is 2.41. The molecule has 1 rings (SSSR count). The normalized spacial score (nSPS) is 11.7. The molecule has 0 radical (unpaired) electrons. The van der Waals surface area contributed by atoms with Gasteiger partial charge in [-0.25, -0.2) is 4.79 Å². The molecule has 6 heteroatoms. The number of nitrogens with zero attached hydrogens (tertiary/aromatic N) is 1. The maximum absolute atomic E-state index is 11.9. The molecule has 6 nitrogen and oxygen atoms in total. The summed E-state index contributed by atoms with van der Waals surface area (Å²) in [5.74, 6) is -1.06. The molecule has 0 aliphatic heterocycles. The number of rotatable bonds is 4. The van der Waals surface area contributed by atoms with Crippen LogP contribution in [-0.4, -0.2) is 34.8 Å².